The molecule has 1 aliphatic rings. The van der Waals surface area contributed by atoms with E-state index in [0.29, 0.717) is 0 Å². The summed E-state index contributed by atoms with van der Waals surface area (Å²) in [4.78, 5) is 11.5. The van der Waals surface area contributed by atoms with E-state index in [1.807, 2.05) is 0 Å². The van der Waals surface area contributed by atoms with E-state index in [2.05, 4.69) is 10.8 Å². The minimum Gasteiger partial charge on any atom is -0.465 e. The third-order valence-electron chi connectivity index (χ3n) is 3.31. The number of carbonyl (C=O) groups is 1. The van der Waals surface area contributed by atoms with Crippen molar-refractivity contribution in [2.45, 2.75) is 11.8 Å². The second-order valence-corrected chi connectivity index (χ2v) is 4.50. The van der Waals surface area contributed by atoms with Crippen molar-refractivity contribution in [1.29, 1.82) is 5.26 Å². The number of hydrogen-bond donors (Lipinski definition) is 1. The number of nitrogens with zero attached hydrogens (tertiary/aromatic N) is 1. The summed E-state index contributed by atoms with van der Waals surface area (Å²) >= 11 is 0. The molecule has 0 aliphatic heterocycles. The van der Waals surface area contributed by atoms with Gasteiger partial charge in [-0.25, -0.2) is 9.18 Å². The molecule has 0 bridgehead atoms. The molecule has 1 aromatic rings. The SMILES string of the molecule is COC(=O)C1=C(N)CC(C#N)(c2ccccc2F)C=C1. The number of nitriles is 1. The van der Waals surface area contributed by atoms with E-state index in [1.54, 1.807) is 18.2 Å². The first-order valence-corrected chi connectivity index (χ1v) is 5.96. The lowest BCUT2D eigenvalue weighted by molar-refractivity contribution is -0.135. The van der Waals surface area contributed by atoms with Gasteiger partial charge in [-0.3, -0.25) is 0 Å². The quantitative estimate of drug-likeness (QED) is 0.835. The van der Waals surface area contributed by atoms with Crippen LogP contribution >= 0.6 is 0 Å². The van der Waals surface area contributed by atoms with Gasteiger partial charge in [0.25, 0.3) is 0 Å². The summed E-state index contributed by atoms with van der Waals surface area (Å²) < 4.78 is 18.5. The molecule has 0 heterocycles. The van der Waals surface area contributed by atoms with Gasteiger partial charge in [-0.2, -0.15) is 5.26 Å². The van der Waals surface area contributed by atoms with Crippen LogP contribution in [0.5, 0.6) is 0 Å². The van der Waals surface area contributed by atoms with Crippen molar-refractivity contribution < 1.29 is 13.9 Å². The van der Waals surface area contributed by atoms with E-state index < -0.39 is 17.2 Å². The molecular weight excluding hydrogens is 259 g/mol. The highest BCUT2D eigenvalue weighted by atomic mass is 19.1. The van der Waals surface area contributed by atoms with Crippen molar-refractivity contribution in [2.75, 3.05) is 7.11 Å². The molecule has 4 nitrogen and oxygen atoms in total. The first-order valence-electron chi connectivity index (χ1n) is 5.96. The molecule has 102 valence electrons. The molecule has 0 amide bonds. The minimum absolute atomic E-state index is 0.0470. The average Bonchev–Trinajstić information content (AvgIpc) is 2.46. The molecule has 0 saturated heterocycles. The molecule has 5 heteroatoms. The lowest BCUT2D eigenvalue weighted by Crippen LogP contribution is -2.30. The fraction of sp³-hybridized carbons (Fsp3) is 0.200. The predicted octanol–water partition coefficient (Wildman–Crippen LogP) is 1.93. The molecule has 2 rings (SSSR count). The molecular formula is C15H13FN2O2. The standard InChI is InChI=1S/C15H13FN2O2/c1-20-14(19)10-6-7-15(9-17,8-13(10)18)11-4-2-3-5-12(11)16/h2-7H,8,18H2,1H3. The number of rotatable bonds is 2. The first kappa shape index (κ1) is 13.8. The number of methoxy groups -OCH3 is 1. The van der Waals surface area contributed by atoms with Crippen LogP contribution in [0.3, 0.4) is 0 Å². The van der Waals surface area contributed by atoms with Crippen LogP contribution in [0.4, 0.5) is 4.39 Å². The molecule has 1 aromatic carbocycles. The molecule has 1 aliphatic carbocycles. The first-order chi connectivity index (χ1) is 9.54. The van der Waals surface area contributed by atoms with Gasteiger partial charge in [-0.15, -0.1) is 0 Å². The van der Waals surface area contributed by atoms with Crippen LogP contribution in [-0.4, -0.2) is 13.1 Å². The van der Waals surface area contributed by atoms with Gasteiger partial charge >= 0.3 is 5.97 Å². The maximum Gasteiger partial charge on any atom is 0.339 e. The maximum absolute atomic E-state index is 13.9. The predicted molar refractivity (Wildman–Crippen MR) is 70.7 cm³/mol. The number of carbonyl (C=O) groups excluding carboxylic acids is 1. The zero-order chi connectivity index (χ0) is 14.8. The van der Waals surface area contributed by atoms with Gasteiger partial charge in [-0.1, -0.05) is 24.3 Å². The smallest absolute Gasteiger partial charge is 0.339 e. The van der Waals surface area contributed by atoms with E-state index >= 15 is 0 Å². The minimum atomic E-state index is -1.20. The molecule has 2 N–H and O–H groups in total. The second kappa shape index (κ2) is 5.17. The topological polar surface area (TPSA) is 76.1 Å². The monoisotopic (exact) mass is 272 g/mol. The van der Waals surface area contributed by atoms with Crippen molar-refractivity contribution in [3.63, 3.8) is 0 Å². The van der Waals surface area contributed by atoms with Gasteiger partial charge in [-0.05, 0) is 12.1 Å². The zero-order valence-corrected chi connectivity index (χ0v) is 10.9. The Balaban J connectivity index is 2.47. The van der Waals surface area contributed by atoms with Gasteiger partial charge in [0.2, 0.25) is 0 Å². The number of hydrogen-bond acceptors (Lipinski definition) is 4. The number of nitrogens with two attached hydrogens (primary N) is 1. The number of allylic oxidation sites excluding steroid dienone is 2. The molecule has 0 aromatic heterocycles. The Morgan fingerprint density at radius 2 is 2.20 bits per heavy atom. The molecule has 0 fully saturated rings. The van der Waals surface area contributed by atoms with Gasteiger partial charge in [0.15, 0.2) is 0 Å². The molecule has 0 spiro atoms. The normalized spacial score (nSPS) is 21.4. The van der Waals surface area contributed by atoms with E-state index in [4.69, 9.17) is 5.73 Å². The van der Waals surface area contributed by atoms with Gasteiger partial charge in [0.05, 0.1) is 18.8 Å². The Labute approximate surface area is 116 Å². The summed E-state index contributed by atoms with van der Waals surface area (Å²) in [6.45, 7) is 0. The molecule has 0 radical (unpaired) electrons. The van der Waals surface area contributed by atoms with E-state index in [9.17, 15) is 14.4 Å². The van der Waals surface area contributed by atoms with E-state index in [0.717, 1.165) is 0 Å². The largest absolute Gasteiger partial charge is 0.465 e. The number of benzene rings is 1. The second-order valence-electron chi connectivity index (χ2n) is 4.50. The molecule has 1 atom stereocenters. The van der Waals surface area contributed by atoms with E-state index in [1.165, 1.54) is 25.3 Å². The van der Waals surface area contributed by atoms with Crippen molar-refractivity contribution in [2.24, 2.45) is 5.73 Å². The Hall–Kier alpha value is -2.61. The van der Waals surface area contributed by atoms with Crippen molar-refractivity contribution in [3.8, 4) is 6.07 Å². The Kier molecular flexibility index (Phi) is 3.57. The van der Waals surface area contributed by atoms with Crippen molar-refractivity contribution >= 4 is 5.97 Å². The summed E-state index contributed by atoms with van der Waals surface area (Å²) in [6, 6.07) is 8.12. The highest BCUT2D eigenvalue weighted by molar-refractivity contribution is 5.92. The van der Waals surface area contributed by atoms with Crippen LogP contribution in [0.25, 0.3) is 0 Å². The highest BCUT2D eigenvalue weighted by Gasteiger charge is 2.36. The third kappa shape index (κ3) is 2.16. The average molecular weight is 272 g/mol. The third-order valence-corrected chi connectivity index (χ3v) is 3.31. The van der Waals surface area contributed by atoms with Gasteiger partial charge in [0, 0.05) is 17.7 Å². The fourth-order valence-electron chi connectivity index (χ4n) is 2.24. The van der Waals surface area contributed by atoms with Crippen molar-refractivity contribution in [1.82, 2.24) is 0 Å². The summed E-state index contributed by atoms with van der Waals surface area (Å²) in [6.07, 6.45) is 2.96. The Morgan fingerprint density at radius 1 is 1.50 bits per heavy atom. The lowest BCUT2D eigenvalue weighted by Gasteiger charge is -2.28. The van der Waals surface area contributed by atoms with Crippen LogP contribution in [0.15, 0.2) is 47.7 Å². The van der Waals surface area contributed by atoms with Gasteiger partial charge < -0.3 is 10.5 Å². The number of esters is 1. The van der Waals surface area contributed by atoms with Gasteiger partial charge in [0.1, 0.15) is 11.2 Å². The van der Waals surface area contributed by atoms with Crippen LogP contribution in [0.2, 0.25) is 0 Å². The summed E-state index contributed by atoms with van der Waals surface area (Å²) in [5, 5.41) is 9.46. The summed E-state index contributed by atoms with van der Waals surface area (Å²) in [5.74, 6) is -1.05. The summed E-state index contributed by atoms with van der Waals surface area (Å²) in [5.41, 5.74) is 5.30. The number of halogens is 1. The zero-order valence-electron chi connectivity index (χ0n) is 10.9. The van der Waals surface area contributed by atoms with E-state index in [-0.39, 0.29) is 23.3 Å². The Bertz CT molecular complexity index is 658. The van der Waals surface area contributed by atoms with Crippen LogP contribution in [0, 0.1) is 17.1 Å². The molecule has 20 heavy (non-hydrogen) atoms. The number of ether oxygens (including phenoxy) is 1. The van der Waals surface area contributed by atoms with Crippen LogP contribution in [-0.2, 0) is 14.9 Å². The Morgan fingerprint density at radius 3 is 2.75 bits per heavy atom. The lowest BCUT2D eigenvalue weighted by atomic mass is 9.74. The molecule has 1 unspecified atom stereocenters. The molecule has 0 saturated carbocycles. The fourth-order valence-corrected chi connectivity index (χ4v) is 2.24. The van der Waals surface area contributed by atoms with Crippen LogP contribution in [0.1, 0.15) is 12.0 Å². The maximum atomic E-state index is 13.9. The van der Waals surface area contributed by atoms with Crippen LogP contribution < -0.4 is 5.73 Å². The highest BCUT2D eigenvalue weighted by Crippen LogP contribution is 2.37. The van der Waals surface area contributed by atoms with Crippen molar-refractivity contribution in [3.05, 3.63) is 59.1 Å². The summed E-state index contributed by atoms with van der Waals surface area (Å²) in [7, 11) is 1.25.